The van der Waals surface area contributed by atoms with Crippen molar-refractivity contribution in [2.45, 2.75) is 31.8 Å². The number of carboxylic acids is 1. The minimum Gasteiger partial charge on any atom is -0.476 e. The van der Waals surface area contributed by atoms with Crippen molar-refractivity contribution in [2.75, 3.05) is 6.61 Å². The summed E-state index contributed by atoms with van der Waals surface area (Å²) in [7, 11) is 0. The van der Waals surface area contributed by atoms with Gasteiger partial charge in [0.2, 0.25) is 0 Å². The minimum atomic E-state index is -1.07. The molecule has 1 unspecified atom stereocenters. The van der Waals surface area contributed by atoms with Crippen LogP contribution in [0.15, 0.2) is 10.7 Å². The highest BCUT2D eigenvalue weighted by Crippen LogP contribution is 2.33. The van der Waals surface area contributed by atoms with E-state index in [4.69, 9.17) is 9.84 Å². The van der Waals surface area contributed by atoms with Gasteiger partial charge in [0.1, 0.15) is 5.60 Å². The molecule has 2 rings (SSSR count). The second kappa shape index (κ2) is 4.70. The molecule has 1 atom stereocenters. The number of hydrogen-bond donors (Lipinski definition) is 1. The molecule has 2 heterocycles. The van der Waals surface area contributed by atoms with Crippen LogP contribution in [0.5, 0.6) is 0 Å². The lowest BCUT2D eigenvalue weighted by Crippen LogP contribution is -2.32. The van der Waals surface area contributed by atoms with E-state index in [9.17, 15) is 4.79 Å². The number of carbonyl (C=O) groups is 1. The Kier molecular flexibility index (Phi) is 3.44. The molecule has 1 aromatic heterocycles. The molecule has 1 aliphatic heterocycles. The van der Waals surface area contributed by atoms with Crippen LogP contribution >= 0.6 is 15.9 Å². The number of halogens is 1. The molecule has 6 heteroatoms. The second-order valence-electron chi connectivity index (χ2n) is 4.23. The maximum atomic E-state index is 11.0. The Morgan fingerprint density at radius 2 is 2.35 bits per heavy atom. The molecule has 17 heavy (non-hydrogen) atoms. The van der Waals surface area contributed by atoms with Gasteiger partial charge in [0, 0.05) is 12.8 Å². The molecule has 0 amide bonds. The Hall–Kier alpha value is -1.01. The third-order valence-electron chi connectivity index (χ3n) is 2.89. The molecule has 5 nitrogen and oxygen atoms in total. The maximum absolute atomic E-state index is 11.0. The Morgan fingerprint density at radius 1 is 1.59 bits per heavy atom. The van der Waals surface area contributed by atoms with Gasteiger partial charge in [0.15, 0.2) is 11.5 Å². The van der Waals surface area contributed by atoms with Gasteiger partial charge in [-0.2, -0.15) is 0 Å². The normalized spacial score (nSPS) is 24.6. The van der Waals surface area contributed by atoms with Crippen molar-refractivity contribution < 1.29 is 14.6 Å². The summed E-state index contributed by atoms with van der Waals surface area (Å²) in [4.78, 5) is 19.3. The first-order valence-electron chi connectivity index (χ1n) is 5.43. The fraction of sp³-hybridized carbons (Fsp3) is 0.545. The van der Waals surface area contributed by atoms with Gasteiger partial charge < -0.3 is 9.84 Å². The summed E-state index contributed by atoms with van der Waals surface area (Å²) in [5, 5.41) is 9.01. The van der Waals surface area contributed by atoms with Gasteiger partial charge in [0.25, 0.3) is 0 Å². The lowest BCUT2D eigenvalue weighted by molar-refractivity contribution is -0.0761. The van der Waals surface area contributed by atoms with E-state index in [1.165, 1.54) is 6.20 Å². The Balaban J connectivity index is 2.38. The fourth-order valence-electron chi connectivity index (χ4n) is 1.88. The van der Waals surface area contributed by atoms with Gasteiger partial charge in [-0.3, -0.25) is 0 Å². The van der Waals surface area contributed by atoms with Crippen LogP contribution in [0.3, 0.4) is 0 Å². The van der Waals surface area contributed by atoms with Crippen molar-refractivity contribution in [1.29, 1.82) is 0 Å². The van der Waals surface area contributed by atoms with Gasteiger partial charge in [-0.05, 0) is 42.1 Å². The molecular weight excluding hydrogens is 288 g/mol. The first kappa shape index (κ1) is 12.4. The molecule has 0 aliphatic carbocycles. The molecule has 0 saturated carbocycles. The van der Waals surface area contributed by atoms with E-state index in [2.05, 4.69) is 25.9 Å². The molecule has 0 radical (unpaired) electrons. The zero-order valence-electron chi connectivity index (χ0n) is 9.44. The van der Waals surface area contributed by atoms with E-state index in [0.29, 0.717) is 16.9 Å². The van der Waals surface area contributed by atoms with Crippen molar-refractivity contribution in [1.82, 2.24) is 9.97 Å². The first-order valence-corrected chi connectivity index (χ1v) is 6.22. The summed E-state index contributed by atoms with van der Waals surface area (Å²) < 4.78 is 6.08. The Morgan fingerprint density at radius 3 is 2.94 bits per heavy atom. The fourth-order valence-corrected chi connectivity index (χ4v) is 2.24. The van der Waals surface area contributed by atoms with Crippen LogP contribution in [0.1, 0.15) is 42.5 Å². The van der Waals surface area contributed by atoms with Crippen LogP contribution in [0.2, 0.25) is 0 Å². The number of nitrogens with zero attached hydrogens (tertiary/aromatic N) is 2. The molecule has 0 spiro atoms. The summed E-state index contributed by atoms with van der Waals surface area (Å²) >= 11 is 3.13. The van der Waals surface area contributed by atoms with Crippen LogP contribution in [0.25, 0.3) is 0 Å². The van der Waals surface area contributed by atoms with E-state index in [-0.39, 0.29) is 5.69 Å². The van der Waals surface area contributed by atoms with Crippen molar-refractivity contribution >= 4 is 21.9 Å². The second-order valence-corrected chi connectivity index (χ2v) is 5.09. The molecule has 0 aromatic carbocycles. The quantitative estimate of drug-likeness (QED) is 0.907. The zero-order valence-corrected chi connectivity index (χ0v) is 11.0. The van der Waals surface area contributed by atoms with Crippen LogP contribution in [-0.2, 0) is 10.3 Å². The van der Waals surface area contributed by atoms with Crippen molar-refractivity contribution in [3.8, 4) is 0 Å². The van der Waals surface area contributed by atoms with Gasteiger partial charge in [-0.15, -0.1) is 0 Å². The summed E-state index contributed by atoms with van der Waals surface area (Å²) in [5.74, 6) is -0.627. The van der Waals surface area contributed by atoms with Crippen LogP contribution in [0, 0.1) is 0 Å². The molecule has 0 bridgehead atoms. The van der Waals surface area contributed by atoms with Crippen LogP contribution in [-0.4, -0.2) is 27.7 Å². The Labute approximate surface area is 107 Å². The molecule has 1 fully saturated rings. The summed E-state index contributed by atoms with van der Waals surface area (Å²) in [6.45, 7) is 2.57. The number of aromatic carboxylic acids is 1. The molecule has 1 aromatic rings. The van der Waals surface area contributed by atoms with E-state index >= 15 is 0 Å². The van der Waals surface area contributed by atoms with E-state index in [1.807, 2.05) is 6.92 Å². The monoisotopic (exact) mass is 300 g/mol. The molecule has 1 N–H and O–H groups in total. The SMILES string of the molecule is CC1(c2ncc(Br)c(C(=O)O)n2)CCCCO1. The standard InChI is InChI=1S/C11H13BrN2O3/c1-11(4-2-3-5-17-11)10-13-6-7(12)8(14-10)9(15)16/h6H,2-5H2,1H3,(H,15,16). The van der Waals surface area contributed by atoms with E-state index in [1.54, 1.807) is 0 Å². The zero-order chi connectivity index (χ0) is 12.5. The minimum absolute atomic E-state index is 0.0228. The van der Waals surface area contributed by atoms with E-state index in [0.717, 1.165) is 19.3 Å². The first-order chi connectivity index (χ1) is 8.03. The number of ether oxygens (including phenoxy) is 1. The molecule has 1 saturated heterocycles. The van der Waals surface area contributed by atoms with Crippen LogP contribution in [0.4, 0.5) is 0 Å². The topological polar surface area (TPSA) is 72.3 Å². The smallest absolute Gasteiger partial charge is 0.355 e. The number of carboxylic acid groups (broad SMARTS) is 1. The average Bonchev–Trinajstić information content (AvgIpc) is 2.30. The third kappa shape index (κ3) is 2.47. The Bertz CT molecular complexity index is 444. The number of rotatable bonds is 2. The highest BCUT2D eigenvalue weighted by atomic mass is 79.9. The van der Waals surface area contributed by atoms with Gasteiger partial charge in [-0.25, -0.2) is 14.8 Å². The largest absolute Gasteiger partial charge is 0.476 e. The van der Waals surface area contributed by atoms with Gasteiger partial charge in [0.05, 0.1) is 4.47 Å². The summed E-state index contributed by atoms with van der Waals surface area (Å²) in [6.07, 6.45) is 4.35. The predicted octanol–water partition coefficient (Wildman–Crippen LogP) is 2.35. The van der Waals surface area contributed by atoms with E-state index < -0.39 is 11.6 Å². The molecule has 92 valence electrons. The predicted molar refractivity (Wildman–Crippen MR) is 63.8 cm³/mol. The van der Waals surface area contributed by atoms with Gasteiger partial charge >= 0.3 is 5.97 Å². The van der Waals surface area contributed by atoms with Crippen molar-refractivity contribution in [3.63, 3.8) is 0 Å². The third-order valence-corrected chi connectivity index (χ3v) is 3.47. The van der Waals surface area contributed by atoms with Gasteiger partial charge in [-0.1, -0.05) is 0 Å². The van der Waals surface area contributed by atoms with Crippen molar-refractivity contribution in [2.24, 2.45) is 0 Å². The summed E-state index contributed by atoms with van der Waals surface area (Å²) in [5.41, 5.74) is -0.589. The average molecular weight is 301 g/mol. The highest BCUT2D eigenvalue weighted by Gasteiger charge is 2.33. The highest BCUT2D eigenvalue weighted by molar-refractivity contribution is 9.10. The molecule has 1 aliphatic rings. The number of hydrogen-bond acceptors (Lipinski definition) is 4. The van der Waals surface area contributed by atoms with Crippen LogP contribution < -0.4 is 0 Å². The lowest BCUT2D eigenvalue weighted by Gasteiger charge is -2.32. The number of aromatic nitrogens is 2. The maximum Gasteiger partial charge on any atom is 0.355 e. The van der Waals surface area contributed by atoms with Crippen molar-refractivity contribution in [3.05, 3.63) is 22.2 Å². The molecular formula is C11H13BrN2O3. The lowest BCUT2D eigenvalue weighted by atomic mass is 9.95. The summed E-state index contributed by atoms with van der Waals surface area (Å²) in [6, 6.07) is 0.